The Balaban J connectivity index is 2.70. The van der Waals surface area contributed by atoms with Crippen LogP contribution < -0.4 is 5.32 Å². The van der Waals surface area contributed by atoms with Crippen molar-refractivity contribution in [3.05, 3.63) is 29.3 Å². The molecule has 2 nitrogen and oxygen atoms in total. The van der Waals surface area contributed by atoms with Crippen LogP contribution in [0.1, 0.15) is 45.7 Å². The second kappa shape index (κ2) is 5.54. The normalized spacial score (nSPS) is 12.1. The van der Waals surface area contributed by atoms with Gasteiger partial charge in [-0.3, -0.25) is 0 Å². The smallest absolute Gasteiger partial charge is 0.120 e. The van der Waals surface area contributed by atoms with Crippen LogP contribution in [0.5, 0.6) is 5.75 Å². The van der Waals surface area contributed by atoms with Crippen LogP contribution in [-0.4, -0.2) is 11.7 Å². The molecule has 96 valence electrons. The van der Waals surface area contributed by atoms with Gasteiger partial charge in [-0.25, -0.2) is 0 Å². The van der Waals surface area contributed by atoms with E-state index >= 15 is 0 Å². The maximum Gasteiger partial charge on any atom is 0.120 e. The molecule has 0 spiro atoms. The maximum absolute atomic E-state index is 9.98. The zero-order chi connectivity index (χ0) is 13.1. The number of benzene rings is 1. The van der Waals surface area contributed by atoms with Crippen LogP contribution in [0.3, 0.4) is 0 Å². The average Bonchev–Trinajstić information content (AvgIpc) is 2.18. The first-order valence-electron chi connectivity index (χ1n) is 6.34. The summed E-state index contributed by atoms with van der Waals surface area (Å²) in [7, 11) is 0. The summed E-state index contributed by atoms with van der Waals surface area (Å²) >= 11 is 0. The lowest BCUT2D eigenvalue weighted by atomic mass is 9.86. The Morgan fingerprint density at radius 3 is 2.35 bits per heavy atom. The molecule has 17 heavy (non-hydrogen) atoms. The average molecular weight is 235 g/mol. The predicted octanol–water partition coefficient (Wildman–Crippen LogP) is 3.44. The Hall–Kier alpha value is -1.02. The summed E-state index contributed by atoms with van der Waals surface area (Å²) in [6.45, 7) is 12.5. The molecule has 0 saturated heterocycles. The highest BCUT2D eigenvalue weighted by molar-refractivity contribution is 5.38. The van der Waals surface area contributed by atoms with Crippen molar-refractivity contribution in [2.75, 3.05) is 6.54 Å². The molecule has 0 radical (unpaired) electrons. The largest absolute Gasteiger partial charge is 0.508 e. The topological polar surface area (TPSA) is 32.3 Å². The van der Waals surface area contributed by atoms with Crippen molar-refractivity contribution in [3.8, 4) is 5.75 Å². The lowest BCUT2D eigenvalue weighted by Gasteiger charge is -2.20. The first-order valence-corrected chi connectivity index (χ1v) is 6.34. The SMILES string of the molecule is CC(C)CNCc1ccc(C(C)(C)C)cc1O. The molecular weight excluding hydrogens is 210 g/mol. The number of hydrogen-bond donors (Lipinski definition) is 2. The number of phenolic OH excluding ortho intramolecular Hbond substituents is 1. The van der Waals surface area contributed by atoms with Gasteiger partial charge in [-0.2, -0.15) is 0 Å². The van der Waals surface area contributed by atoms with E-state index in [1.807, 2.05) is 12.1 Å². The molecule has 0 atom stereocenters. The van der Waals surface area contributed by atoms with E-state index in [0.29, 0.717) is 11.7 Å². The molecule has 1 aromatic rings. The molecule has 1 rings (SSSR count). The number of phenols is 1. The molecule has 0 amide bonds. The van der Waals surface area contributed by atoms with E-state index in [0.717, 1.165) is 18.7 Å². The molecule has 0 aliphatic carbocycles. The van der Waals surface area contributed by atoms with E-state index in [1.54, 1.807) is 0 Å². The zero-order valence-electron chi connectivity index (χ0n) is 11.7. The molecular formula is C15H25NO. The summed E-state index contributed by atoms with van der Waals surface area (Å²) in [5.74, 6) is 1.03. The Labute approximate surface area is 105 Å². The van der Waals surface area contributed by atoms with E-state index in [4.69, 9.17) is 0 Å². The molecule has 0 unspecified atom stereocenters. The highest BCUT2D eigenvalue weighted by Gasteiger charge is 2.15. The number of hydrogen-bond acceptors (Lipinski definition) is 2. The highest BCUT2D eigenvalue weighted by atomic mass is 16.3. The zero-order valence-corrected chi connectivity index (χ0v) is 11.7. The van der Waals surface area contributed by atoms with E-state index in [9.17, 15) is 5.11 Å². The van der Waals surface area contributed by atoms with Crippen LogP contribution in [0.2, 0.25) is 0 Å². The number of rotatable bonds is 4. The maximum atomic E-state index is 9.98. The van der Waals surface area contributed by atoms with Crippen molar-refractivity contribution in [2.45, 2.75) is 46.6 Å². The van der Waals surface area contributed by atoms with Gasteiger partial charge in [0.2, 0.25) is 0 Å². The standard InChI is InChI=1S/C15H25NO/c1-11(2)9-16-10-12-6-7-13(8-14(12)17)15(3,4)5/h6-8,11,16-17H,9-10H2,1-5H3. The molecule has 0 heterocycles. The van der Waals surface area contributed by atoms with Crippen molar-refractivity contribution in [1.29, 1.82) is 0 Å². The van der Waals surface area contributed by atoms with Gasteiger partial charge in [0.15, 0.2) is 0 Å². The van der Waals surface area contributed by atoms with Gasteiger partial charge in [0.1, 0.15) is 5.75 Å². The molecule has 2 N–H and O–H groups in total. The Bertz CT molecular complexity index is 364. The first-order chi connectivity index (χ1) is 7.80. The van der Waals surface area contributed by atoms with E-state index in [1.165, 1.54) is 5.56 Å². The van der Waals surface area contributed by atoms with Gasteiger partial charge in [0, 0.05) is 12.1 Å². The van der Waals surface area contributed by atoms with Gasteiger partial charge in [-0.05, 0) is 29.5 Å². The van der Waals surface area contributed by atoms with Gasteiger partial charge in [0.05, 0.1) is 0 Å². The molecule has 1 aromatic carbocycles. The van der Waals surface area contributed by atoms with Gasteiger partial charge in [0.25, 0.3) is 0 Å². The summed E-state index contributed by atoms with van der Waals surface area (Å²) in [5, 5.41) is 13.3. The van der Waals surface area contributed by atoms with Crippen molar-refractivity contribution < 1.29 is 5.11 Å². The second-order valence-electron chi connectivity index (χ2n) is 6.12. The van der Waals surface area contributed by atoms with Crippen molar-refractivity contribution >= 4 is 0 Å². The molecule has 0 fully saturated rings. The fraction of sp³-hybridized carbons (Fsp3) is 0.600. The third-order valence-electron chi connectivity index (χ3n) is 2.82. The summed E-state index contributed by atoms with van der Waals surface area (Å²) in [5.41, 5.74) is 2.22. The predicted molar refractivity (Wildman–Crippen MR) is 73.4 cm³/mol. The summed E-state index contributed by atoms with van der Waals surface area (Å²) in [6, 6.07) is 6.00. The molecule has 0 saturated carbocycles. The van der Waals surface area contributed by atoms with Crippen LogP contribution in [-0.2, 0) is 12.0 Å². The molecule has 0 bridgehead atoms. The van der Waals surface area contributed by atoms with Crippen molar-refractivity contribution in [3.63, 3.8) is 0 Å². The quantitative estimate of drug-likeness (QED) is 0.838. The van der Waals surface area contributed by atoms with Crippen LogP contribution in [0.4, 0.5) is 0 Å². The van der Waals surface area contributed by atoms with Gasteiger partial charge < -0.3 is 10.4 Å². The number of aromatic hydroxyl groups is 1. The minimum atomic E-state index is 0.0847. The van der Waals surface area contributed by atoms with Crippen LogP contribution in [0.15, 0.2) is 18.2 Å². The third-order valence-corrected chi connectivity index (χ3v) is 2.82. The third kappa shape index (κ3) is 4.39. The molecule has 0 aliphatic heterocycles. The van der Waals surface area contributed by atoms with Gasteiger partial charge in [-0.15, -0.1) is 0 Å². The minimum absolute atomic E-state index is 0.0847. The van der Waals surface area contributed by atoms with Gasteiger partial charge >= 0.3 is 0 Å². The first kappa shape index (κ1) is 14.0. The Kier molecular flexibility index (Phi) is 4.58. The molecule has 0 aromatic heterocycles. The van der Waals surface area contributed by atoms with Crippen molar-refractivity contribution in [2.24, 2.45) is 5.92 Å². The van der Waals surface area contributed by atoms with Crippen LogP contribution in [0.25, 0.3) is 0 Å². The Morgan fingerprint density at radius 2 is 1.88 bits per heavy atom. The lowest BCUT2D eigenvalue weighted by Crippen LogP contribution is -2.19. The van der Waals surface area contributed by atoms with E-state index in [2.05, 4.69) is 46.0 Å². The van der Waals surface area contributed by atoms with Crippen LogP contribution in [0, 0.1) is 5.92 Å². The lowest BCUT2D eigenvalue weighted by molar-refractivity contribution is 0.457. The monoisotopic (exact) mass is 235 g/mol. The van der Waals surface area contributed by atoms with E-state index in [-0.39, 0.29) is 5.41 Å². The van der Waals surface area contributed by atoms with Crippen molar-refractivity contribution in [1.82, 2.24) is 5.32 Å². The summed E-state index contributed by atoms with van der Waals surface area (Å²) < 4.78 is 0. The van der Waals surface area contributed by atoms with Crippen LogP contribution >= 0.6 is 0 Å². The molecule has 0 aliphatic rings. The fourth-order valence-corrected chi connectivity index (χ4v) is 1.68. The highest BCUT2D eigenvalue weighted by Crippen LogP contribution is 2.27. The summed E-state index contributed by atoms with van der Waals surface area (Å²) in [4.78, 5) is 0. The molecule has 2 heteroatoms. The number of nitrogens with one attached hydrogen (secondary N) is 1. The Morgan fingerprint density at radius 1 is 1.24 bits per heavy atom. The summed E-state index contributed by atoms with van der Waals surface area (Å²) in [6.07, 6.45) is 0. The second-order valence-corrected chi connectivity index (χ2v) is 6.12. The van der Waals surface area contributed by atoms with E-state index < -0.39 is 0 Å². The minimum Gasteiger partial charge on any atom is -0.508 e. The van der Waals surface area contributed by atoms with Gasteiger partial charge in [-0.1, -0.05) is 46.8 Å². The fourth-order valence-electron chi connectivity index (χ4n) is 1.68.